The van der Waals surface area contributed by atoms with E-state index in [0.717, 1.165) is 4.57 Å². The van der Waals surface area contributed by atoms with Crippen molar-refractivity contribution in [2.24, 2.45) is 5.73 Å². The monoisotopic (exact) mass is 296 g/mol. The number of primary amides is 1. The van der Waals surface area contributed by atoms with Crippen molar-refractivity contribution in [1.29, 1.82) is 0 Å². The zero-order valence-electron chi connectivity index (χ0n) is 11.8. The van der Waals surface area contributed by atoms with E-state index < -0.39 is 23.5 Å². The Morgan fingerprint density at radius 2 is 2.00 bits per heavy atom. The van der Waals surface area contributed by atoms with Crippen molar-refractivity contribution < 1.29 is 23.9 Å². The first-order valence-electron chi connectivity index (χ1n) is 5.92. The Morgan fingerprint density at radius 1 is 1.38 bits per heavy atom. The summed E-state index contributed by atoms with van der Waals surface area (Å²) in [4.78, 5) is 45.2. The lowest BCUT2D eigenvalue weighted by Gasteiger charge is -2.23. The molecule has 0 radical (unpaired) electrons. The fraction of sp³-hybridized carbons (Fsp3) is 0.333. The summed E-state index contributed by atoms with van der Waals surface area (Å²) in [5.74, 6) is -2.58. The number of nitrogens with zero attached hydrogens (tertiary/aromatic N) is 2. The lowest BCUT2D eigenvalue weighted by Crippen LogP contribution is -2.49. The van der Waals surface area contributed by atoms with Gasteiger partial charge in [-0.15, -0.1) is 0 Å². The Labute approximate surface area is 120 Å². The first-order valence-corrected chi connectivity index (χ1v) is 5.92. The summed E-state index contributed by atoms with van der Waals surface area (Å²) in [6.45, 7) is 5.01. The number of carbonyl (C=O) groups is 4. The molecule has 0 fully saturated rings. The van der Waals surface area contributed by atoms with Crippen molar-refractivity contribution in [3.8, 4) is 0 Å². The minimum Gasteiger partial charge on any atom is -0.443 e. The summed E-state index contributed by atoms with van der Waals surface area (Å²) in [6.07, 6.45) is 0.710. The van der Waals surface area contributed by atoms with Gasteiger partial charge in [0.2, 0.25) is 6.41 Å². The van der Waals surface area contributed by atoms with E-state index in [2.05, 4.69) is 0 Å². The fourth-order valence-corrected chi connectivity index (χ4v) is 1.41. The molecule has 0 saturated heterocycles. The number of nitrogens with two attached hydrogens (primary N) is 1. The van der Waals surface area contributed by atoms with Crippen LogP contribution in [0.15, 0.2) is 18.3 Å². The Kier molecular flexibility index (Phi) is 4.69. The number of aromatic nitrogens is 1. The molecule has 0 saturated carbocycles. The Morgan fingerprint density at radius 3 is 2.48 bits per heavy atom. The number of hydrogen-bond acceptors (Lipinski definition) is 5. The minimum absolute atomic E-state index is 0.0832. The van der Waals surface area contributed by atoms with E-state index in [4.69, 9.17) is 10.5 Å². The van der Waals surface area contributed by atoms with E-state index >= 15 is 0 Å². The minimum atomic E-state index is -1.29. The molecule has 0 spiro atoms. The van der Waals surface area contributed by atoms with Gasteiger partial charge in [-0.1, -0.05) is 0 Å². The van der Waals surface area contributed by atoms with Crippen LogP contribution >= 0.6 is 0 Å². The predicted octanol–water partition coefficient (Wildman–Crippen LogP) is -0.249. The number of hydrogen-bond donors (Lipinski definition) is 2. The Balaban J connectivity index is 3.15. The van der Waals surface area contributed by atoms with Gasteiger partial charge in [-0.25, -0.2) is 9.36 Å². The molecule has 21 heavy (non-hydrogen) atoms. The molecule has 9 heteroatoms. The van der Waals surface area contributed by atoms with Crippen molar-refractivity contribution >= 4 is 30.1 Å². The Bertz CT molecular complexity index is 572. The third kappa shape index (κ3) is 4.06. The van der Waals surface area contributed by atoms with Crippen LogP contribution in [0.5, 0.6) is 0 Å². The highest BCUT2D eigenvalue weighted by molar-refractivity contribution is 6.39. The molecule has 3 amide bonds. The first-order chi connectivity index (χ1) is 9.67. The molecule has 0 atom stereocenters. The lowest BCUT2D eigenvalue weighted by molar-refractivity contribution is -0.136. The van der Waals surface area contributed by atoms with Gasteiger partial charge in [-0.2, -0.15) is 5.01 Å². The SMILES string of the molecule is CC(C)(C)OC(=O)n1cccc1N(NC=O)C(=O)C(N)=O. The molecule has 1 rings (SSSR count). The fourth-order valence-electron chi connectivity index (χ4n) is 1.41. The number of ether oxygens (including phenoxy) is 1. The van der Waals surface area contributed by atoms with Crippen LogP contribution < -0.4 is 16.2 Å². The van der Waals surface area contributed by atoms with Crippen LogP contribution in [0.2, 0.25) is 0 Å². The summed E-state index contributed by atoms with van der Waals surface area (Å²) < 4.78 is 6.11. The summed E-state index contributed by atoms with van der Waals surface area (Å²) in [6, 6.07) is 2.77. The molecule has 0 unspecified atom stereocenters. The maximum Gasteiger partial charge on any atom is 0.420 e. The number of amides is 3. The van der Waals surface area contributed by atoms with Crippen LogP contribution in [0.1, 0.15) is 20.8 Å². The molecule has 0 aliphatic rings. The molecule has 1 aromatic heterocycles. The zero-order valence-corrected chi connectivity index (χ0v) is 11.8. The highest BCUT2D eigenvalue weighted by atomic mass is 16.6. The molecular formula is C12H16N4O5. The zero-order chi connectivity index (χ0) is 16.2. The predicted molar refractivity (Wildman–Crippen MR) is 71.9 cm³/mol. The van der Waals surface area contributed by atoms with Gasteiger partial charge in [0, 0.05) is 6.20 Å². The summed E-state index contributed by atoms with van der Waals surface area (Å²) >= 11 is 0. The van der Waals surface area contributed by atoms with Crippen molar-refractivity contribution in [2.75, 3.05) is 5.01 Å². The highest BCUT2D eigenvalue weighted by Gasteiger charge is 2.27. The maximum absolute atomic E-state index is 12.0. The van der Waals surface area contributed by atoms with Crippen LogP contribution in [0.4, 0.5) is 10.6 Å². The molecule has 0 aromatic carbocycles. The molecule has 114 valence electrons. The number of nitrogens with one attached hydrogen (secondary N) is 1. The average Bonchev–Trinajstić information content (AvgIpc) is 2.81. The molecular weight excluding hydrogens is 280 g/mol. The summed E-state index contributed by atoms with van der Waals surface area (Å²) in [5.41, 5.74) is 6.13. The summed E-state index contributed by atoms with van der Waals surface area (Å²) in [5, 5.41) is 0.555. The smallest absolute Gasteiger partial charge is 0.420 e. The van der Waals surface area contributed by atoms with Gasteiger partial charge in [0.15, 0.2) is 0 Å². The Hall–Kier alpha value is -2.84. The van der Waals surface area contributed by atoms with Crippen LogP contribution in [0.25, 0.3) is 0 Å². The molecule has 0 aliphatic carbocycles. The topological polar surface area (TPSA) is 124 Å². The van der Waals surface area contributed by atoms with Gasteiger partial charge in [-0.05, 0) is 32.9 Å². The second-order valence-electron chi connectivity index (χ2n) is 4.97. The van der Waals surface area contributed by atoms with Gasteiger partial charge in [0.05, 0.1) is 0 Å². The van der Waals surface area contributed by atoms with Gasteiger partial charge in [0.1, 0.15) is 11.4 Å². The third-order valence-corrected chi connectivity index (χ3v) is 2.14. The number of rotatable bonds is 3. The summed E-state index contributed by atoms with van der Waals surface area (Å²) in [7, 11) is 0. The van der Waals surface area contributed by atoms with Crippen molar-refractivity contribution in [1.82, 2.24) is 9.99 Å². The molecule has 0 bridgehead atoms. The highest BCUT2D eigenvalue weighted by Crippen LogP contribution is 2.17. The van der Waals surface area contributed by atoms with E-state index in [1.54, 1.807) is 20.8 Å². The normalized spacial score (nSPS) is 10.6. The van der Waals surface area contributed by atoms with E-state index in [1.807, 2.05) is 5.43 Å². The van der Waals surface area contributed by atoms with Crippen molar-refractivity contribution in [2.45, 2.75) is 26.4 Å². The molecule has 0 aliphatic heterocycles. The lowest BCUT2D eigenvalue weighted by atomic mass is 10.2. The third-order valence-electron chi connectivity index (χ3n) is 2.14. The van der Waals surface area contributed by atoms with Crippen LogP contribution in [-0.2, 0) is 19.1 Å². The molecule has 9 nitrogen and oxygen atoms in total. The number of anilines is 1. The van der Waals surface area contributed by atoms with E-state index in [0.29, 0.717) is 5.01 Å². The maximum atomic E-state index is 12.0. The second kappa shape index (κ2) is 6.07. The average molecular weight is 296 g/mol. The number of carbonyl (C=O) groups excluding carboxylic acids is 4. The van der Waals surface area contributed by atoms with E-state index in [1.165, 1.54) is 18.3 Å². The molecule has 1 aromatic rings. The van der Waals surface area contributed by atoms with Gasteiger partial charge in [-0.3, -0.25) is 19.8 Å². The van der Waals surface area contributed by atoms with Gasteiger partial charge >= 0.3 is 17.9 Å². The standard InChI is InChI=1S/C12H16N4O5/c1-12(2,3)21-11(20)15-6-4-5-8(15)16(14-7-17)10(19)9(13)18/h4-7H,1-3H3,(H2,13,18)(H,14,17). The van der Waals surface area contributed by atoms with E-state index in [9.17, 15) is 19.2 Å². The number of hydrazine groups is 1. The van der Waals surface area contributed by atoms with Crippen LogP contribution in [0.3, 0.4) is 0 Å². The largest absolute Gasteiger partial charge is 0.443 e. The van der Waals surface area contributed by atoms with Crippen LogP contribution in [-0.4, -0.2) is 34.5 Å². The van der Waals surface area contributed by atoms with Gasteiger partial charge < -0.3 is 10.5 Å². The van der Waals surface area contributed by atoms with Crippen molar-refractivity contribution in [3.63, 3.8) is 0 Å². The van der Waals surface area contributed by atoms with Crippen LogP contribution in [0, 0.1) is 0 Å². The molecule has 1 heterocycles. The second-order valence-corrected chi connectivity index (χ2v) is 4.97. The molecule has 3 N–H and O–H groups in total. The first kappa shape index (κ1) is 16.2. The van der Waals surface area contributed by atoms with Gasteiger partial charge in [0.25, 0.3) is 0 Å². The quantitative estimate of drug-likeness (QED) is 0.452. The van der Waals surface area contributed by atoms with Crippen molar-refractivity contribution in [3.05, 3.63) is 18.3 Å². The van der Waals surface area contributed by atoms with E-state index in [-0.39, 0.29) is 12.2 Å².